The van der Waals surface area contributed by atoms with Crippen molar-refractivity contribution in [3.8, 4) is 28.2 Å². The molecule has 3 aliphatic rings. The molecule has 1 saturated heterocycles. The molecular formula is C63H79N13O22S. The van der Waals surface area contributed by atoms with Gasteiger partial charge in [0.05, 0.1) is 23.5 Å². The van der Waals surface area contributed by atoms with Crippen LogP contribution < -0.4 is 69.6 Å². The summed E-state index contributed by atoms with van der Waals surface area (Å²) in [6.45, 7) is 8.89. The molecule has 0 spiro atoms. The summed E-state index contributed by atoms with van der Waals surface area (Å²) in [7, 11) is 0. The molecule has 2 aromatic carbocycles. The molecule has 36 heteroatoms. The third kappa shape index (κ3) is 22.3. The lowest BCUT2D eigenvalue weighted by molar-refractivity contribution is -0.139. The highest BCUT2D eigenvalue weighted by molar-refractivity contribution is 8.00. The number of nitrogens with zero attached hydrogens (tertiary/aromatic N) is 1. The van der Waals surface area contributed by atoms with E-state index in [0.717, 1.165) is 23.6 Å². The Kier molecular flexibility index (Phi) is 28.4. The number of thioether (sulfide) groups is 1. The van der Waals surface area contributed by atoms with Crippen LogP contribution in [-0.4, -0.2) is 211 Å². The van der Waals surface area contributed by atoms with Crippen LogP contribution in [0.2, 0.25) is 0 Å². The Bertz CT molecular complexity index is 3840. The number of fused-ring (bicyclic) bond motifs is 2. The summed E-state index contributed by atoms with van der Waals surface area (Å²) >= 11 is 0.748. The SMILES string of the molecule is CCCC(=O)N[C@H](C)C(=O)N[C@H](C)C(=O)N[C@H](C)C(=O)N[C@H](CSC1CC(=O)N(CCNC(=O)c2ccc(C(=O)O)c(-c3c4ccc(=O)cc-4oc4cc(O)ccc34)c2)C1=O)C(=O)N[C@H](C)C(=O)N[C@H](C)C(=O)N[C@H](C)C(=O)N[C@@H](C(=O)NCC(=O)N[C@H](CCC(=O)O)C(N)=O)[C@H](C)O. The Labute approximate surface area is 568 Å². The largest absolute Gasteiger partial charge is 0.508 e. The maximum atomic E-state index is 14.1. The fraction of sp³-hybridized carbons (Fsp3) is 0.444. The molecule has 2 heterocycles. The minimum absolute atomic E-state index is 0.0408. The van der Waals surface area contributed by atoms with Crippen molar-refractivity contribution < 1.29 is 102 Å². The van der Waals surface area contributed by atoms with E-state index in [9.17, 15) is 96.8 Å². The third-order valence-electron chi connectivity index (χ3n) is 15.2. The van der Waals surface area contributed by atoms with Gasteiger partial charge in [-0.25, -0.2) is 4.79 Å². The highest BCUT2D eigenvalue weighted by Gasteiger charge is 2.40. The van der Waals surface area contributed by atoms with Crippen molar-refractivity contribution in [2.75, 3.05) is 25.4 Å². The number of aliphatic hydroxyl groups excluding tert-OH is 1. The number of benzene rings is 3. The van der Waals surface area contributed by atoms with Crippen molar-refractivity contribution in [2.24, 2.45) is 5.73 Å². The number of phenolic OH excluding ortho intramolecular Hbond substituents is 1. The van der Waals surface area contributed by atoms with Crippen molar-refractivity contribution in [3.05, 3.63) is 75.9 Å². The first-order valence-electron chi connectivity index (χ1n) is 31.0. The fourth-order valence-corrected chi connectivity index (χ4v) is 10.9. The van der Waals surface area contributed by atoms with Crippen LogP contribution in [0.25, 0.3) is 33.4 Å². The second-order valence-electron chi connectivity index (χ2n) is 23.2. The van der Waals surface area contributed by atoms with Crippen LogP contribution in [-0.2, 0) is 67.1 Å². The summed E-state index contributed by atoms with van der Waals surface area (Å²) in [4.78, 5) is 221. The standard InChI is InChI=1S/C63H79N13O22S/c1-9-10-46(80)67-27(2)53(86)68-28(3)54(87)70-31(6)57(90)74-42(60(93)72-30(5)56(89)69-29(4)55(88)71-32(7)58(91)75-51(33(8)77)61(94)66-25-47(81)73-41(52(64)85)17-18-49(83)84)26-99-45-24-48(82)76(62(45)95)20-19-65-59(92)34-11-14-37(63(96)97)40(21-34)50-38-15-12-35(78)22-43(38)98-44-23-36(79)13-16-39(44)50/h11-16,21-23,27-33,41-42,45,51,77-78H,9-10,17-20,24-26H2,1-8H3,(H2,64,85)(H,65,92)(H,66,94)(H,67,80)(H,68,86)(H,69,89)(H,70,87)(H,71,88)(H,72,93)(H,73,81)(H,74,90)(H,75,91)(H,83,84)(H,96,97)/t27-,28-,29-,30-,31-,32-,33+,41-,42-,45?,51-/m1/s1. The molecule has 99 heavy (non-hydrogen) atoms. The van der Waals surface area contributed by atoms with Crippen molar-refractivity contribution in [1.29, 1.82) is 0 Å². The van der Waals surface area contributed by atoms with Crippen LogP contribution in [0.3, 0.4) is 0 Å². The van der Waals surface area contributed by atoms with Crippen molar-refractivity contribution in [1.82, 2.24) is 63.4 Å². The number of aliphatic hydroxyl groups is 1. The molecule has 534 valence electrons. The summed E-state index contributed by atoms with van der Waals surface area (Å²) in [6, 6.07) is -1.22. The van der Waals surface area contributed by atoms with Gasteiger partial charge in [-0.2, -0.15) is 0 Å². The van der Waals surface area contributed by atoms with Crippen LogP contribution in [0.15, 0.2) is 63.8 Å². The number of carbonyl (C=O) groups excluding carboxylic acids is 14. The van der Waals surface area contributed by atoms with Crippen molar-refractivity contribution in [2.45, 2.75) is 153 Å². The Balaban J connectivity index is 1.24. The lowest BCUT2D eigenvalue weighted by Crippen LogP contribution is -2.60. The number of primary amides is 1. The average Bonchev–Trinajstić information content (AvgIpc) is 1.43. The number of nitrogens with one attached hydrogen (secondary N) is 11. The second-order valence-corrected chi connectivity index (χ2v) is 24.4. The number of nitrogens with two attached hydrogens (primary N) is 1. The van der Waals surface area contributed by atoms with Crippen LogP contribution in [0.1, 0.15) is 108 Å². The number of hydrogen-bond donors (Lipinski definition) is 16. The summed E-state index contributed by atoms with van der Waals surface area (Å²) < 4.78 is 5.89. The second kappa shape index (κ2) is 35.8. The summed E-state index contributed by atoms with van der Waals surface area (Å²) in [5, 5.41) is 64.8. The molecule has 2 aromatic rings. The molecule has 14 amide bonds. The number of aliphatic carboxylic acids is 1. The van der Waals surface area contributed by atoms with Gasteiger partial charge >= 0.3 is 11.9 Å². The number of carbonyl (C=O) groups is 16. The Morgan fingerprint density at radius 2 is 1.16 bits per heavy atom. The fourth-order valence-electron chi connectivity index (χ4n) is 9.68. The van der Waals surface area contributed by atoms with Gasteiger partial charge in [-0.1, -0.05) is 6.92 Å². The molecule has 0 saturated carbocycles. The Morgan fingerprint density at radius 3 is 1.71 bits per heavy atom. The lowest BCUT2D eigenvalue weighted by Gasteiger charge is -2.25. The Morgan fingerprint density at radius 1 is 0.606 bits per heavy atom. The maximum absolute atomic E-state index is 14.1. The summed E-state index contributed by atoms with van der Waals surface area (Å²) in [5.41, 5.74) is 5.20. The number of rotatable bonds is 35. The van der Waals surface area contributed by atoms with E-state index in [1.807, 2.05) is 0 Å². The van der Waals surface area contributed by atoms with Gasteiger partial charge in [0.2, 0.25) is 76.8 Å². The molecule has 1 unspecified atom stereocenters. The first-order valence-corrected chi connectivity index (χ1v) is 32.1. The maximum Gasteiger partial charge on any atom is 0.336 e. The van der Waals surface area contributed by atoms with Gasteiger partial charge in [-0.3, -0.25) is 81.6 Å². The molecule has 2 aliphatic heterocycles. The molecule has 35 nitrogen and oxygen atoms in total. The zero-order valence-corrected chi connectivity index (χ0v) is 55.8. The van der Waals surface area contributed by atoms with Crippen LogP contribution >= 0.6 is 11.8 Å². The van der Waals surface area contributed by atoms with Gasteiger partial charge in [0.25, 0.3) is 5.91 Å². The number of carboxylic acids is 2. The number of aromatic hydroxyl groups is 1. The summed E-state index contributed by atoms with van der Waals surface area (Å²) in [6.07, 6.45) is -2.23. The van der Waals surface area contributed by atoms with E-state index in [1.54, 1.807) is 6.92 Å². The number of aromatic carboxylic acids is 1. The van der Waals surface area contributed by atoms with Gasteiger partial charge in [0.1, 0.15) is 71.5 Å². The quantitative estimate of drug-likeness (QED) is 0.0158. The van der Waals surface area contributed by atoms with Gasteiger partial charge in [-0.05, 0) is 109 Å². The van der Waals surface area contributed by atoms with Gasteiger partial charge in [-0.15, -0.1) is 11.8 Å². The third-order valence-corrected chi connectivity index (χ3v) is 16.5. The van der Waals surface area contributed by atoms with E-state index in [-0.39, 0.29) is 65.3 Å². The molecule has 0 radical (unpaired) electrons. The zero-order valence-electron chi connectivity index (χ0n) is 55.0. The van der Waals surface area contributed by atoms with Gasteiger partial charge in [0, 0.05) is 72.3 Å². The van der Waals surface area contributed by atoms with Crippen LogP contribution in [0.5, 0.6) is 5.75 Å². The molecule has 0 bridgehead atoms. The van der Waals surface area contributed by atoms with E-state index in [4.69, 9.17) is 15.3 Å². The van der Waals surface area contributed by atoms with Crippen molar-refractivity contribution in [3.63, 3.8) is 0 Å². The zero-order chi connectivity index (χ0) is 73.9. The van der Waals surface area contributed by atoms with Gasteiger partial charge in [0.15, 0.2) is 5.43 Å². The van der Waals surface area contributed by atoms with E-state index in [2.05, 4.69) is 58.5 Å². The highest BCUT2D eigenvalue weighted by atomic mass is 32.2. The minimum Gasteiger partial charge on any atom is -0.508 e. The number of likely N-dealkylation sites (tertiary alicyclic amines) is 1. The first kappa shape index (κ1) is 78.7. The molecule has 11 atom stereocenters. The highest BCUT2D eigenvalue weighted by Crippen LogP contribution is 2.42. The monoisotopic (exact) mass is 1400 g/mol. The molecule has 1 aliphatic carbocycles. The average molecular weight is 1400 g/mol. The van der Waals surface area contributed by atoms with Crippen molar-refractivity contribution >= 4 is 117 Å². The molecule has 17 N–H and O–H groups in total. The Hall–Kier alpha value is -11.0. The predicted octanol–water partition coefficient (Wildman–Crippen LogP) is -3.31. The lowest BCUT2D eigenvalue weighted by atomic mass is 9.89. The minimum atomic E-state index is -1.72. The number of hydrogen-bond acceptors (Lipinski definition) is 21. The molecule has 1 fully saturated rings. The van der Waals surface area contributed by atoms with Crippen LogP contribution in [0.4, 0.5) is 0 Å². The topological polar surface area (TPSA) is 546 Å². The van der Waals surface area contributed by atoms with E-state index in [1.165, 1.54) is 96.1 Å². The molecule has 0 aromatic heterocycles. The normalized spacial score (nSPS) is 15.7. The molecule has 5 rings (SSSR count). The van der Waals surface area contributed by atoms with E-state index < -0.39 is 191 Å². The summed E-state index contributed by atoms with van der Waals surface area (Å²) in [5.74, 6) is -15.6. The van der Waals surface area contributed by atoms with Gasteiger partial charge < -0.3 is 89.1 Å². The first-order chi connectivity index (χ1) is 46.5. The van der Waals surface area contributed by atoms with E-state index >= 15 is 0 Å². The number of carboxylic acid groups (broad SMARTS) is 2. The van der Waals surface area contributed by atoms with Crippen LogP contribution in [0, 0.1) is 0 Å². The van der Waals surface area contributed by atoms with E-state index in [0.29, 0.717) is 17.4 Å². The predicted molar refractivity (Wildman–Crippen MR) is 350 cm³/mol. The molecular weight excluding hydrogens is 1320 g/mol. The number of amides is 14. The smallest absolute Gasteiger partial charge is 0.336 e. The number of imide groups is 1. The number of phenols is 1.